The van der Waals surface area contributed by atoms with Crippen LogP contribution in [0.3, 0.4) is 0 Å². The molecule has 4 heteroatoms. The van der Waals surface area contributed by atoms with E-state index in [9.17, 15) is 9.59 Å². The smallest absolute Gasteiger partial charge is 0.334 e. The highest BCUT2D eigenvalue weighted by Gasteiger charge is 2.27. The number of ether oxygens (including phenoxy) is 2. The standard InChI is InChI=1S/C23H42O4/c1-9-10-11-12-13-19(21(24)26-15-17(2)3)20(14-23(6,7)8)22(25)27-16-18(4)5/h17-18H,9-16H2,1-8H3/b20-19-. The lowest BCUT2D eigenvalue weighted by Gasteiger charge is -2.23. The summed E-state index contributed by atoms with van der Waals surface area (Å²) in [6.45, 7) is 17.1. The number of hydrogen-bond donors (Lipinski definition) is 0. The van der Waals surface area contributed by atoms with Crippen molar-refractivity contribution in [3.63, 3.8) is 0 Å². The van der Waals surface area contributed by atoms with Crippen LogP contribution in [0.15, 0.2) is 11.1 Å². The highest BCUT2D eigenvalue weighted by molar-refractivity contribution is 6.00. The molecule has 4 nitrogen and oxygen atoms in total. The minimum atomic E-state index is -0.370. The van der Waals surface area contributed by atoms with Crippen LogP contribution in [0.2, 0.25) is 0 Å². The molecule has 0 fully saturated rings. The Kier molecular flexibility index (Phi) is 12.3. The molecule has 0 bridgehead atoms. The van der Waals surface area contributed by atoms with E-state index in [1.807, 2.05) is 27.7 Å². The molecule has 0 aliphatic carbocycles. The van der Waals surface area contributed by atoms with Gasteiger partial charge in [0.05, 0.1) is 13.2 Å². The average Bonchev–Trinajstić information content (AvgIpc) is 2.55. The van der Waals surface area contributed by atoms with Crippen molar-refractivity contribution in [1.29, 1.82) is 0 Å². The summed E-state index contributed by atoms with van der Waals surface area (Å²) in [5, 5.41) is 0. The van der Waals surface area contributed by atoms with E-state index in [0.29, 0.717) is 37.2 Å². The number of carbonyl (C=O) groups excluding carboxylic acids is 2. The zero-order valence-corrected chi connectivity index (χ0v) is 18.9. The third-order valence-electron chi connectivity index (χ3n) is 3.94. The Morgan fingerprint density at radius 1 is 0.778 bits per heavy atom. The Hall–Kier alpha value is -1.32. The normalized spacial score (nSPS) is 13.0. The van der Waals surface area contributed by atoms with E-state index in [1.54, 1.807) is 0 Å². The summed E-state index contributed by atoms with van der Waals surface area (Å²) >= 11 is 0. The van der Waals surface area contributed by atoms with Crippen molar-refractivity contribution >= 4 is 11.9 Å². The van der Waals surface area contributed by atoms with Gasteiger partial charge >= 0.3 is 11.9 Å². The Labute approximate surface area is 167 Å². The summed E-state index contributed by atoms with van der Waals surface area (Å²) < 4.78 is 11.0. The fraction of sp³-hybridized carbons (Fsp3) is 0.826. The predicted molar refractivity (Wildman–Crippen MR) is 111 cm³/mol. The van der Waals surface area contributed by atoms with Gasteiger partial charge in [-0.2, -0.15) is 0 Å². The largest absolute Gasteiger partial charge is 0.462 e. The number of unbranched alkanes of at least 4 members (excludes halogenated alkanes) is 3. The number of hydrogen-bond acceptors (Lipinski definition) is 4. The molecule has 0 aliphatic heterocycles. The molecule has 0 aromatic rings. The molecule has 0 aromatic heterocycles. The second-order valence-corrected chi connectivity index (χ2v) is 9.49. The summed E-state index contributed by atoms with van der Waals surface area (Å²) in [6, 6.07) is 0. The second-order valence-electron chi connectivity index (χ2n) is 9.49. The first-order chi connectivity index (χ1) is 12.5. The van der Waals surface area contributed by atoms with Crippen molar-refractivity contribution < 1.29 is 19.1 Å². The number of carbonyl (C=O) groups is 2. The van der Waals surface area contributed by atoms with Crippen molar-refractivity contribution in [1.82, 2.24) is 0 Å². The summed E-state index contributed by atoms with van der Waals surface area (Å²) in [5.41, 5.74) is 0.878. The van der Waals surface area contributed by atoms with Crippen molar-refractivity contribution in [3.05, 3.63) is 11.1 Å². The van der Waals surface area contributed by atoms with E-state index in [4.69, 9.17) is 9.47 Å². The molecule has 0 saturated carbocycles. The number of esters is 2. The number of rotatable bonds is 12. The Bertz CT molecular complexity index is 481. The summed E-state index contributed by atoms with van der Waals surface area (Å²) in [5.74, 6) is -0.216. The molecule has 0 aromatic carbocycles. The van der Waals surface area contributed by atoms with Gasteiger partial charge in [0.1, 0.15) is 0 Å². The molecule has 0 heterocycles. The molecular weight excluding hydrogens is 340 g/mol. The average molecular weight is 383 g/mol. The highest BCUT2D eigenvalue weighted by Crippen LogP contribution is 2.29. The van der Waals surface area contributed by atoms with Crippen LogP contribution in [0, 0.1) is 17.3 Å². The van der Waals surface area contributed by atoms with Crippen LogP contribution in [0.5, 0.6) is 0 Å². The minimum absolute atomic E-state index is 0.126. The van der Waals surface area contributed by atoms with Crippen LogP contribution in [-0.2, 0) is 19.1 Å². The van der Waals surface area contributed by atoms with Crippen molar-refractivity contribution in [2.45, 2.75) is 93.9 Å². The summed E-state index contributed by atoms with van der Waals surface area (Å²) in [6.07, 6.45) is 5.25. The molecule has 0 radical (unpaired) electrons. The first-order valence-corrected chi connectivity index (χ1v) is 10.5. The maximum Gasteiger partial charge on any atom is 0.334 e. The first kappa shape index (κ1) is 25.7. The van der Waals surface area contributed by atoms with E-state index in [0.717, 1.165) is 25.7 Å². The Morgan fingerprint density at radius 2 is 1.26 bits per heavy atom. The minimum Gasteiger partial charge on any atom is -0.462 e. The van der Waals surface area contributed by atoms with Gasteiger partial charge in [-0.1, -0.05) is 74.7 Å². The quantitative estimate of drug-likeness (QED) is 0.233. The fourth-order valence-electron chi connectivity index (χ4n) is 2.60. The maximum atomic E-state index is 12.8. The van der Waals surface area contributed by atoms with Crippen molar-refractivity contribution in [3.8, 4) is 0 Å². The van der Waals surface area contributed by atoms with Crippen LogP contribution in [0.1, 0.15) is 93.9 Å². The van der Waals surface area contributed by atoms with Crippen molar-refractivity contribution in [2.24, 2.45) is 17.3 Å². The van der Waals surface area contributed by atoms with Gasteiger partial charge in [0, 0.05) is 11.1 Å². The summed E-state index contributed by atoms with van der Waals surface area (Å²) in [7, 11) is 0. The molecule has 0 unspecified atom stereocenters. The molecule has 0 amide bonds. The first-order valence-electron chi connectivity index (χ1n) is 10.5. The van der Waals surface area contributed by atoms with E-state index in [2.05, 4.69) is 27.7 Å². The van der Waals surface area contributed by atoms with Gasteiger partial charge < -0.3 is 9.47 Å². The molecule has 0 spiro atoms. The van der Waals surface area contributed by atoms with Crippen LogP contribution >= 0.6 is 0 Å². The van der Waals surface area contributed by atoms with Gasteiger partial charge in [0.15, 0.2) is 0 Å². The van der Waals surface area contributed by atoms with Gasteiger partial charge in [0.2, 0.25) is 0 Å². The predicted octanol–water partition coefficient (Wildman–Crippen LogP) is 6.09. The van der Waals surface area contributed by atoms with Crippen LogP contribution in [0.4, 0.5) is 0 Å². The van der Waals surface area contributed by atoms with Gasteiger partial charge in [-0.05, 0) is 36.5 Å². The highest BCUT2D eigenvalue weighted by atomic mass is 16.5. The van der Waals surface area contributed by atoms with Crippen molar-refractivity contribution in [2.75, 3.05) is 13.2 Å². The van der Waals surface area contributed by atoms with E-state index in [-0.39, 0.29) is 29.2 Å². The van der Waals surface area contributed by atoms with E-state index >= 15 is 0 Å². The van der Waals surface area contributed by atoms with E-state index < -0.39 is 0 Å². The lowest BCUT2D eigenvalue weighted by molar-refractivity contribution is -0.143. The van der Waals surface area contributed by atoms with Crippen LogP contribution in [0.25, 0.3) is 0 Å². The maximum absolute atomic E-state index is 12.8. The Morgan fingerprint density at radius 3 is 1.67 bits per heavy atom. The van der Waals surface area contributed by atoms with Crippen LogP contribution in [-0.4, -0.2) is 25.2 Å². The Balaban J connectivity index is 5.68. The molecular formula is C23H42O4. The molecule has 158 valence electrons. The zero-order chi connectivity index (χ0) is 21.0. The van der Waals surface area contributed by atoms with Gasteiger partial charge in [-0.25, -0.2) is 9.59 Å². The van der Waals surface area contributed by atoms with Gasteiger partial charge in [-0.3, -0.25) is 0 Å². The lowest BCUT2D eigenvalue weighted by Crippen LogP contribution is -2.22. The third kappa shape index (κ3) is 12.6. The molecule has 0 N–H and O–H groups in total. The molecule has 27 heavy (non-hydrogen) atoms. The summed E-state index contributed by atoms with van der Waals surface area (Å²) in [4.78, 5) is 25.6. The fourth-order valence-corrected chi connectivity index (χ4v) is 2.60. The topological polar surface area (TPSA) is 52.6 Å². The molecule has 0 atom stereocenters. The van der Waals surface area contributed by atoms with Gasteiger partial charge in [0.25, 0.3) is 0 Å². The van der Waals surface area contributed by atoms with E-state index in [1.165, 1.54) is 0 Å². The zero-order valence-electron chi connectivity index (χ0n) is 18.9. The second kappa shape index (κ2) is 13.0. The third-order valence-corrected chi connectivity index (χ3v) is 3.94. The molecule has 0 rings (SSSR count). The van der Waals surface area contributed by atoms with Crippen LogP contribution < -0.4 is 0 Å². The van der Waals surface area contributed by atoms with Gasteiger partial charge in [-0.15, -0.1) is 0 Å². The SMILES string of the molecule is CCCCCC/C(C(=O)OCC(C)C)=C(\CC(C)(C)C)C(=O)OCC(C)C. The molecule has 0 saturated heterocycles. The lowest BCUT2D eigenvalue weighted by atomic mass is 9.85. The monoisotopic (exact) mass is 382 g/mol. The molecule has 0 aliphatic rings.